The number of halogens is 1. The summed E-state index contributed by atoms with van der Waals surface area (Å²) >= 11 is 0. The first kappa shape index (κ1) is 17.4. The zero-order valence-corrected chi connectivity index (χ0v) is 13.5. The van der Waals surface area contributed by atoms with E-state index in [2.05, 4.69) is 11.9 Å². The van der Waals surface area contributed by atoms with Crippen LogP contribution >= 0.6 is 12.4 Å². The molecule has 0 aromatic heterocycles. The Kier molecular flexibility index (Phi) is 6.45. The van der Waals surface area contributed by atoms with Crippen molar-refractivity contribution in [2.75, 3.05) is 26.7 Å². The van der Waals surface area contributed by atoms with Crippen molar-refractivity contribution in [2.24, 2.45) is 5.92 Å². The molecule has 0 N–H and O–H groups in total. The fourth-order valence-electron chi connectivity index (χ4n) is 2.19. The third-order valence-electron chi connectivity index (χ3n) is 3.61. The molecule has 2 rings (SSSR count). The Balaban J connectivity index is 0.00000200. The molecule has 6 heteroatoms. The highest BCUT2D eigenvalue weighted by molar-refractivity contribution is 7.86. The molecule has 1 saturated heterocycles. The van der Waals surface area contributed by atoms with Crippen LogP contribution in [-0.4, -0.2) is 40.1 Å². The molecule has 0 aliphatic carbocycles. The van der Waals surface area contributed by atoms with Crippen molar-refractivity contribution in [3.8, 4) is 0 Å². The Hall–Kier alpha value is -0.620. The summed E-state index contributed by atoms with van der Waals surface area (Å²) in [5, 5.41) is 0. The molecule has 1 aromatic rings. The highest BCUT2D eigenvalue weighted by Crippen LogP contribution is 2.19. The number of likely N-dealkylation sites (tertiary alicyclic amines) is 1. The predicted octanol–water partition coefficient (Wildman–Crippen LogP) is 2.46. The highest BCUT2D eigenvalue weighted by Gasteiger charge is 2.21. The van der Waals surface area contributed by atoms with E-state index in [1.54, 1.807) is 24.3 Å². The van der Waals surface area contributed by atoms with Crippen LogP contribution in [0.5, 0.6) is 0 Å². The number of piperidine rings is 1. The van der Waals surface area contributed by atoms with Gasteiger partial charge in [0.05, 0.1) is 11.5 Å². The number of rotatable bonds is 4. The van der Waals surface area contributed by atoms with Crippen LogP contribution < -0.4 is 0 Å². The molecular formula is C14H22ClNO3S. The SMILES string of the molecule is Cc1ccc(S(=O)(=O)OCC2CCN(C)CC2)cc1.Cl. The van der Waals surface area contributed by atoms with Crippen LogP contribution in [0.1, 0.15) is 18.4 Å². The lowest BCUT2D eigenvalue weighted by molar-refractivity contribution is 0.163. The van der Waals surface area contributed by atoms with Crippen LogP contribution in [0.4, 0.5) is 0 Å². The molecule has 1 aliphatic rings. The van der Waals surface area contributed by atoms with E-state index in [4.69, 9.17) is 4.18 Å². The molecule has 0 amide bonds. The van der Waals surface area contributed by atoms with Gasteiger partial charge in [-0.3, -0.25) is 4.18 Å². The van der Waals surface area contributed by atoms with E-state index in [9.17, 15) is 8.42 Å². The van der Waals surface area contributed by atoms with Crippen molar-refractivity contribution in [1.29, 1.82) is 0 Å². The zero-order valence-electron chi connectivity index (χ0n) is 11.9. The van der Waals surface area contributed by atoms with Gasteiger partial charge in [-0.25, -0.2) is 0 Å². The van der Waals surface area contributed by atoms with Gasteiger partial charge in [0.15, 0.2) is 0 Å². The van der Waals surface area contributed by atoms with Crippen molar-refractivity contribution >= 4 is 22.5 Å². The number of benzene rings is 1. The van der Waals surface area contributed by atoms with Crippen molar-refractivity contribution in [3.63, 3.8) is 0 Å². The van der Waals surface area contributed by atoms with Crippen LogP contribution in [0.25, 0.3) is 0 Å². The van der Waals surface area contributed by atoms with E-state index in [1.165, 1.54) is 0 Å². The molecule has 1 aliphatic heterocycles. The smallest absolute Gasteiger partial charge is 0.296 e. The fraction of sp³-hybridized carbons (Fsp3) is 0.571. The monoisotopic (exact) mass is 319 g/mol. The van der Waals surface area contributed by atoms with Gasteiger partial charge < -0.3 is 4.90 Å². The van der Waals surface area contributed by atoms with Gasteiger partial charge in [0.2, 0.25) is 0 Å². The second-order valence-electron chi connectivity index (χ2n) is 5.30. The topological polar surface area (TPSA) is 46.6 Å². The van der Waals surface area contributed by atoms with Gasteiger partial charge in [-0.1, -0.05) is 17.7 Å². The first-order valence-corrected chi connectivity index (χ1v) is 8.03. The van der Waals surface area contributed by atoms with E-state index in [0.29, 0.717) is 12.5 Å². The summed E-state index contributed by atoms with van der Waals surface area (Å²) in [6, 6.07) is 6.76. The van der Waals surface area contributed by atoms with Crippen LogP contribution in [0, 0.1) is 12.8 Å². The van der Waals surface area contributed by atoms with E-state index in [0.717, 1.165) is 31.5 Å². The van der Waals surface area contributed by atoms with Gasteiger partial charge in [0.1, 0.15) is 0 Å². The lowest BCUT2D eigenvalue weighted by Gasteiger charge is -2.28. The number of aryl methyl sites for hydroxylation is 1. The van der Waals surface area contributed by atoms with Gasteiger partial charge in [-0.05, 0) is 58.0 Å². The van der Waals surface area contributed by atoms with E-state index in [1.807, 2.05) is 6.92 Å². The molecule has 114 valence electrons. The summed E-state index contributed by atoms with van der Waals surface area (Å²) in [5.41, 5.74) is 1.04. The molecule has 1 aromatic carbocycles. The molecule has 0 saturated carbocycles. The highest BCUT2D eigenvalue weighted by atomic mass is 35.5. The van der Waals surface area contributed by atoms with Crippen molar-refractivity contribution < 1.29 is 12.6 Å². The maximum atomic E-state index is 12.0. The summed E-state index contributed by atoms with van der Waals surface area (Å²) in [6.45, 7) is 4.25. The van der Waals surface area contributed by atoms with Crippen molar-refractivity contribution in [2.45, 2.75) is 24.7 Å². The maximum Gasteiger partial charge on any atom is 0.296 e. The number of hydrogen-bond donors (Lipinski definition) is 0. The van der Waals surface area contributed by atoms with E-state index in [-0.39, 0.29) is 17.3 Å². The maximum absolute atomic E-state index is 12.0. The third-order valence-corrected chi connectivity index (χ3v) is 4.90. The predicted molar refractivity (Wildman–Crippen MR) is 81.8 cm³/mol. The lowest BCUT2D eigenvalue weighted by atomic mass is 9.98. The normalized spacial score (nSPS) is 17.7. The molecule has 0 spiro atoms. The third kappa shape index (κ3) is 4.74. The molecule has 20 heavy (non-hydrogen) atoms. The van der Waals surface area contributed by atoms with Crippen molar-refractivity contribution in [3.05, 3.63) is 29.8 Å². The van der Waals surface area contributed by atoms with Gasteiger partial charge in [-0.2, -0.15) is 8.42 Å². The average molecular weight is 320 g/mol. The Morgan fingerprint density at radius 3 is 2.30 bits per heavy atom. The molecule has 0 atom stereocenters. The first-order valence-electron chi connectivity index (χ1n) is 6.62. The summed E-state index contributed by atoms with van der Waals surface area (Å²) < 4.78 is 29.2. The van der Waals surface area contributed by atoms with E-state index >= 15 is 0 Å². The molecule has 0 unspecified atom stereocenters. The zero-order chi connectivity index (χ0) is 13.9. The summed E-state index contributed by atoms with van der Waals surface area (Å²) in [4.78, 5) is 2.50. The lowest BCUT2D eigenvalue weighted by Crippen LogP contribution is -2.32. The second-order valence-corrected chi connectivity index (χ2v) is 6.91. The Bertz CT molecular complexity index is 508. The Labute approximate surface area is 127 Å². The summed E-state index contributed by atoms with van der Waals surface area (Å²) in [7, 11) is -1.52. The largest absolute Gasteiger partial charge is 0.306 e. The number of hydrogen-bond acceptors (Lipinski definition) is 4. The van der Waals surface area contributed by atoms with Crippen LogP contribution in [-0.2, 0) is 14.3 Å². The van der Waals surface area contributed by atoms with Crippen LogP contribution in [0.3, 0.4) is 0 Å². The van der Waals surface area contributed by atoms with Crippen LogP contribution in [0.15, 0.2) is 29.2 Å². The molecule has 1 heterocycles. The summed E-state index contributed by atoms with van der Waals surface area (Å²) in [6.07, 6.45) is 2.00. The molecule has 1 fully saturated rings. The van der Waals surface area contributed by atoms with Crippen LogP contribution in [0.2, 0.25) is 0 Å². The second kappa shape index (κ2) is 7.41. The average Bonchev–Trinajstić information content (AvgIpc) is 2.39. The van der Waals surface area contributed by atoms with Gasteiger partial charge in [-0.15, -0.1) is 12.4 Å². The quantitative estimate of drug-likeness (QED) is 0.800. The van der Waals surface area contributed by atoms with E-state index < -0.39 is 10.1 Å². The fourth-order valence-corrected chi connectivity index (χ4v) is 3.16. The molecule has 4 nitrogen and oxygen atoms in total. The van der Waals surface area contributed by atoms with Crippen molar-refractivity contribution in [1.82, 2.24) is 4.90 Å². The van der Waals surface area contributed by atoms with Gasteiger partial charge >= 0.3 is 0 Å². The number of nitrogens with zero attached hydrogens (tertiary/aromatic N) is 1. The minimum Gasteiger partial charge on any atom is -0.306 e. The first-order chi connectivity index (χ1) is 8.97. The Morgan fingerprint density at radius 1 is 1.20 bits per heavy atom. The molecular weight excluding hydrogens is 298 g/mol. The minimum atomic E-state index is -3.60. The minimum absolute atomic E-state index is 0. The standard InChI is InChI=1S/C14H21NO3S.ClH/c1-12-3-5-14(6-4-12)19(16,17)18-11-13-7-9-15(2)10-8-13;/h3-6,13H,7-11H2,1-2H3;1H. The molecule has 0 bridgehead atoms. The van der Waals surface area contributed by atoms with Gasteiger partial charge in [0, 0.05) is 0 Å². The Morgan fingerprint density at radius 2 is 1.75 bits per heavy atom. The van der Waals surface area contributed by atoms with Gasteiger partial charge in [0.25, 0.3) is 10.1 Å². The summed E-state index contributed by atoms with van der Waals surface area (Å²) in [5.74, 6) is 0.344. The molecule has 0 radical (unpaired) electrons.